The molecule has 132 valence electrons. The van der Waals surface area contributed by atoms with E-state index in [0.29, 0.717) is 28.1 Å². The Morgan fingerprint density at radius 2 is 1.96 bits per heavy atom. The zero-order valence-corrected chi connectivity index (χ0v) is 14.4. The Balaban J connectivity index is 2.30. The maximum atomic E-state index is 12.6. The van der Waals surface area contributed by atoms with Crippen molar-refractivity contribution in [3.63, 3.8) is 0 Å². The molecule has 0 aliphatic carbocycles. The standard InChI is InChI=1S/C17H19N3O5/c1-5-25-17(22)15-10(3)14(11(4)18-15)16(21)19-13-7-6-12(20(23)24)8-9(13)2/h6-8,18H,5H2,1-4H3,(H,19,21). The maximum absolute atomic E-state index is 12.6. The number of carbonyl (C=O) groups is 2. The summed E-state index contributed by atoms with van der Waals surface area (Å²) in [5.74, 6) is -0.924. The molecule has 0 unspecified atom stereocenters. The number of nitro groups is 1. The van der Waals surface area contributed by atoms with Crippen molar-refractivity contribution in [2.24, 2.45) is 0 Å². The van der Waals surface area contributed by atoms with Gasteiger partial charge in [-0.15, -0.1) is 0 Å². The van der Waals surface area contributed by atoms with E-state index in [1.807, 2.05) is 0 Å². The van der Waals surface area contributed by atoms with Gasteiger partial charge in [-0.25, -0.2) is 4.79 Å². The number of nitrogens with zero attached hydrogens (tertiary/aromatic N) is 1. The van der Waals surface area contributed by atoms with Gasteiger partial charge in [-0.2, -0.15) is 0 Å². The van der Waals surface area contributed by atoms with Crippen molar-refractivity contribution in [3.8, 4) is 0 Å². The molecule has 0 fully saturated rings. The molecule has 0 saturated heterocycles. The Morgan fingerprint density at radius 3 is 2.52 bits per heavy atom. The van der Waals surface area contributed by atoms with Gasteiger partial charge in [0, 0.05) is 23.5 Å². The van der Waals surface area contributed by atoms with Crippen LogP contribution in [-0.2, 0) is 4.74 Å². The lowest BCUT2D eigenvalue weighted by atomic mass is 10.1. The fourth-order valence-corrected chi connectivity index (χ4v) is 2.58. The van der Waals surface area contributed by atoms with Gasteiger partial charge >= 0.3 is 5.97 Å². The maximum Gasteiger partial charge on any atom is 0.355 e. The Bertz CT molecular complexity index is 854. The summed E-state index contributed by atoms with van der Waals surface area (Å²) in [6.07, 6.45) is 0. The van der Waals surface area contributed by atoms with Crippen LogP contribution in [0.5, 0.6) is 0 Å². The van der Waals surface area contributed by atoms with Crippen molar-refractivity contribution >= 4 is 23.3 Å². The van der Waals surface area contributed by atoms with E-state index in [4.69, 9.17) is 4.74 Å². The fourth-order valence-electron chi connectivity index (χ4n) is 2.58. The highest BCUT2D eigenvalue weighted by Gasteiger charge is 2.23. The summed E-state index contributed by atoms with van der Waals surface area (Å²) >= 11 is 0. The Labute approximate surface area is 144 Å². The number of amides is 1. The van der Waals surface area contributed by atoms with Gasteiger partial charge in [-0.05, 0) is 44.9 Å². The summed E-state index contributed by atoms with van der Waals surface area (Å²) in [7, 11) is 0. The number of nitro benzene ring substituents is 1. The normalized spacial score (nSPS) is 10.4. The second-order valence-electron chi connectivity index (χ2n) is 5.56. The molecule has 8 nitrogen and oxygen atoms in total. The first-order valence-electron chi connectivity index (χ1n) is 7.68. The topological polar surface area (TPSA) is 114 Å². The van der Waals surface area contributed by atoms with Gasteiger partial charge < -0.3 is 15.0 Å². The number of nitrogens with one attached hydrogen (secondary N) is 2. The molecule has 0 radical (unpaired) electrons. The van der Waals surface area contributed by atoms with E-state index in [2.05, 4.69) is 10.3 Å². The zero-order chi connectivity index (χ0) is 18.7. The molecule has 1 aromatic heterocycles. The first-order chi connectivity index (χ1) is 11.8. The number of rotatable bonds is 5. The van der Waals surface area contributed by atoms with Crippen LogP contribution >= 0.6 is 0 Å². The summed E-state index contributed by atoms with van der Waals surface area (Å²) < 4.78 is 4.96. The Kier molecular flexibility index (Phi) is 5.21. The van der Waals surface area contributed by atoms with Gasteiger partial charge in [-0.1, -0.05) is 0 Å². The number of aromatic nitrogens is 1. The predicted molar refractivity (Wildman–Crippen MR) is 92.0 cm³/mol. The number of benzene rings is 1. The minimum absolute atomic E-state index is 0.0471. The number of carbonyl (C=O) groups excluding carboxylic acids is 2. The largest absolute Gasteiger partial charge is 0.461 e. The molecule has 2 N–H and O–H groups in total. The molecular weight excluding hydrogens is 326 g/mol. The highest BCUT2D eigenvalue weighted by molar-refractivity contribution is 6.08. The third-order valence-electron chi connectivity index (χ3n) is 3.81. The quantitative estimate of drug-likeness (QED) is 0.490. The van der Waals surface area contributed by atoms with E-state index in [-0.39, 0.29) is 18.0 Å². The third-order valence-corrected chi connectivity index (χ3v) is 3.81. The van der Waals surface area contributed by atoms with E-state index in [9.17, 15) is 19.7 Å². The number of hydrogen-bond acceptors (Lipinski definition) is 5. The Morgan fingerprint density at radius 1 is 1.28 bits per heavy atom. The average molecular weight is 345 g/mol. The second-order valence-corrected chi connectivity index (χ2v) is 5.56. The van der Waals surface area contributed by atoms with Gasteiger partial charge in [0.05, 0.1) is 17.1 Å². The minimum Gasteiger partial charge on any atom is -0.461 e. The first-order valence-corrected chi connectivity index (χ1v) is 7.68. The lowest BCUT2D eigenvalue weighted by Crippen LogP contribution is -2.15. The first kappa shape index (κ1) is 18.2. The molecule has 0 bridgehead atoms. The summed E-state index contributed by atoms with van der Waals surface area (Å²) in [5, 5.41) is 13.5. The lowest BCUT2D eigenvalue weighted by molar-refractivity contribution is -0.384. The molecule has 1 amide bonds. The fraction of sp³-hybridized carbons (Fsp3) is 0.294. The van der Waals surface area contributed by atoms with E-state index in [1.54, 1.807) is 27.7 Å². The van der Waals surface area contributed by atoms with Gasteiger partial charge in [-0.3, -0.25) is 14.9 Å². The van der Waals surface area contributed by atoms with Gasteiger partial charge in [0.15, 0.2) is 0 Å². The van der Waals surface area contributed by atoms with Crippen molar-refractivity contribution in [2.45, 2.75) is 27.7 Å². The number of aryl methyl sites for hydroxylation is 2. The molecule has 1 heterocycles. The highest BCUT2D eigenvalue weighted by atomic mass is 16.6. The zero-order valence-electron chi connectivity index (χ0n) is 14.4. The number of ether oxygens (including phenoxy) is 1. The average Bonchev–Trinajstić information content (AvgIpc) is 2.84. The molecule has 25 heavy (non-hydrogen) atoms. The molecule has 1 aromatic carbocycles. The summed E-state index contributed by atoms with van der Waals surface area (Å²) in [5.41, 5.74) is 2.61. The number of hydrogen-bond donors (Lipinski definition) is 2. The predicted octanol–water partition coefficient (Wildman–Crippen LogP) is 3.28. The lowest BCUT2D eigenvalue weighted by Gasteiger charge is -2.09. The van der Waals surface area contributed by atoms with E-state index >= 15 is 0 Å². The van der Waals surface area contributed by atoms with Crippen LogP contribution < -0.4 is 5.32 Å². The van der Waals surface area contributed by atoms with Crippen LogP contribution in [0.15, 0.2) is 18.2 Å². The van der Waals surface area contributed by atoms with Crippen molar-refractivity contribution in [1.82, 2.24) is 4.98 Å². The molecule has 0 aliphatic rings. The molecule has 0 saturated carbocycles. The van der Waals surface area contributed by atoms with Crippen LogP contribution in [0, 0.1) is 30.9 Å². The molecule has 0 aliphatic heterocycles. The van der Waals surface area contributed by atoms with Crippen molar-refractivity contribution in [2.75, 3.05) is 11.9 Å². The molecule has 8 heteroatoms. The SMILES string of the molecule is CCOC(=O)c1[nH]c(C)c(C(=O)Nc2ccc([N+](=O)[O-])cc2C)c1C. The van der Waals surface area contributed by atoms with Crippen LogP contribution in [0.4, 0.5) is 11.4 Å². The molecule has 0 atom stereocenters. The van der Waals surface area contributed by atoms with Crippen LogP contribution in [0.1, 0.15) is 44.6 Å². The van der Waals surface area contributed by atoms with Crippen molar-refractivity contribution in [3.05, 3.63) is 56.4 Å². The van der Waals surface area contributed by atoms with E-state index in [1.165, 1.54) is 18.2 Å². The highest BCUT2D eigenvalue weighted by Crippen LogP contribution is 2.24. The number of aromatic amines is 1. The van der Waals surface area contributed by atoms with E-state index < -0.39 is 16.8 Å². The molecule has 0 spiro atoms. The third kappa shape index (κ3) is 3.68. The monoisotopic (exact) mass is 345 g/mol. The molecule has 2 rings (SSSR count). The van der Waals surface area contributed by atoms with Gasteiger partial charge in [0.25, 0.3) is 11.6 Å². The summed E-state index contributed by atoms with van der Waals surface area (Å²) in [4.78, 5) is 37.7. The van der Waals surface area contributed by atoms with Gasteiger partial charge in [0.2, 0.25) is 0 Å². The molecule has 2 aromatic rings. The summed E-state index contributed by atoms with van der Waals surface area (Å²) in [6.45, 7) is 6.96. The van der Waals surface area contributed by atoms with Crippen LogP contribution in [0.25, 0.3) is 0 Å². The smallest absolute Gasteiger partial charge is 0.355 e. The number of anilines is 1. The summed E-state index contributed by atoms with van der Waals surface area (Å²) in [6, 6.07) is 4.19. The Hall–Kier alpha value is -3.16. The van der Waals surface area contributed by atoms with Crippen LogP contribution in [-0.4, -0.2) is 28.4 Å². The number of esters is 1. The second kappa shape index (κ2) is 7.16. The molecular formula is C17H19N3O5. The van der Waals surface area contributed by atoms with Crippen molar-refractivity contribution in [1.29, 1.82) is 0 Å². The van der Waals surface area contributed by atoms with Crippen molar-refractivity contribution < 1.29 is 19.2 Å². The van der Waals surface area contributed by atoms with Crippen LogP contribution in [0.3, 0.4) is 0 Å². The minimum atomic E-state index is -0.520. The van der Waals surface area contributed by atoms with Gasteiger partial charge in [0.1, 0.15) is 5.69 Å². The van der Waals surface area contributed by atoms with Crippen LogP contribution in [0.2, 0.25) is 0 Å². The van der Waals surface area contributed by atoms with E-state index in [0.717, 1.165) is 0 Å². The number of H-pyrrole nitrogens is 1. The number of non-ortho nitro benzene ring substituents is 1.